The second kappa shape index (κ2) is 9.78. The number of benzene rings is 3. The zero-order valence-corrected chi connectivity index (χ0v) is 21.5. The molecule has 6 rings (SSSR count). The molecule has 6 heteroatoms. The quantitative estimate of drug-likeness (QED) is 0.331. The number of anilines is 1. The molecule has 1 unspecified atom stereocenters. The maximum atomic E-state index is 13.7. The van der Waals surface area contributed by atoms with E-state index in [0.29, 0.717) is 17.7 Å². The summed E-state index contributed by atoms with van der Waals surface area (Å²) in [6.07, 6.45) is 3.12. The first-order valence-corrected chi connectivity index (χ1v) is 13.1. The molecule has 0 bridgehead atoms. The summed E-state index contributed by atoms with van der Waals surface area (Å²) in [5.41, 5.74) is 9.89. The number of hydrogen-bond acceptors (Lipinski definition) is 4. The van der Waals surface area contributed by atoms with Crippen LogP contribution in [0.4, 0.5) is 5.69 Å². The number of nitrogens with zero attached hydrogens (tertiary/aromatic N) is 2. The van der Waals surface area contributed by atoms with Crippen LogP contribution in [0.2, 0.25) is 0 Å². The van der Waals surface area contributed by atoms with Crippen LogP contribution in [-0.4, -0.2) is 23.6 Å². The minimum Gasteiger partial charge on any atom is -0.455 e. The average molecular weight is 504 g/mol. The van der Waals surface area contributed by atoms with Crippen LogP contribution in [0.5, 0.6) is 0 Å². The molecule has 0 saturated heterocycles. The molecular weight excluding hydrogens is 474 g/mol. The summed E-state index contributed by atoms with van der Waals surface area (Å²) in [6.45, 7) is 3.97. The molecule has 190 valence electrons. The van der Waals surface area contributed by atoms with Gasteiger partial charge in [0.25, 0.3) is 11.8 Å². The Balaban J connectivity index is 1.23. The van der Waals surface area contributed by atoms with Crippen molar-refractivity contribution in [3.05, 3.63) is 113 Å². The number of aryl methyl sites for hydroxylation is 1. The zero-order valence-electron chi connectivity index (χ0n) is 21.5. The Morgan fingerprint density at radius 1 is 0.921 bits per heavy atom. The summed E-state index contributed by atoms with van der Waals surface area (Å²) in [7, 11) is 0. The molecule has 38 heavy (non-hydrogen) atoms. The highest BCUT2D eigenvalue weighted by Crippen LogP contribution is 2.36. The maximum absolute atomic E-state index is 13.7. The molecule has 1 atom stereocenters. The second-order valence-corrected chi connectivity index (χ2v) is 10.0. The van der Waals surface area contributed by atoms with Crippen molar-refractivity contribution in [1.82, 2.24) is 5.43 Å². The van der Waals surface area contributed by atoms with Gasteiger partial charge in [-0.2, -0.15) is 5.10 Å². The van der Waals surface area contributed by atoms with Crippen LogP contribution >= 0.6 is 0 Å². The van der Waals surface area contributed by atoms with Crippen LogP contribution < -0.4 is 10.3 Å². The van der Waals surface area contributed by atoms with E-state index < -0.39 is 0 Å². The van der Waals surface area contributed by atoms with Gasteiger partial charge in [0.05, 0.1) is 5.71 Å². The lowest BCUT2D eigenvalue weighted by Crippen LogP contribution is -2.35. The Kier molecular flexibility index (Phi) is 6.16. The molecule has 2 heterocycles. The van der Waals surface area contributed by atoms with Gasteiger partial charge in [0.2, 0.25) is 0 Å². The molecule has 1 aromatic heterocycles. The third-order valence-corrected chi connectivity index (χ3v) is 7.49. The standard InChI is InChI=1S/C32H29N3O3/c1-20-19-25-11-6-7-13-27(25)35(20)32(37)30-21(2)29-26(12-8-14-28(29)38-30)33-34-31(36)24-17-15-23(16-18-24)22-9-4-3-5-10-22/h3-7,9-11,13,15-18,20H,8,12,14,19H2,1-2H3,(H,34,36)/b33-26+. The Labute approximate surface area is 222 Å². The van der Waals surface area contributed by atoms with Gasteiger partial charge in [0.15, 0.2) is 5.76 Å². The summed E-state index contributed by atoms with van der Waals surface area (Å²) in [5, 5.41) is 4.50. The molecule has 1 aliphatic heterocycles. The number of fused-ring (bicyclic) bond motifs is 2. The maximum Gasteiger partial charge on any atom is 0.294 e. The molecule has 0 fully saturated rings. The van der Waals surface area contributed by atoms with Gasteiger partial charge in [-0.3, -0.25) is 9.59 Å². The number of para-hydroxylation sites is 1. The van der Waals surface area contributed by atoms with Gasteiger partial charge in [-0.1, -0.05) is 60.7 Å². The largest absolute Gasteiger partial charge is 0.455 e. The van der Waals surface area contributed by atoms with Gasteiger partial charge in [0, 0.05) is 34.8 Å². The second-order valence-electron chi connectivity index (χ2n) is 10.0. The lowest BCUT2D eigenvalue weighted by molar-refractivity contribution is 0.0946. The first kappa shape index (κ1) is 23.9. The highest BCUT2D eigenvalue weighted by atomic mass is 16.4. The molecule has 3 aromatic carbocycles. The highest BCUT2D eigenvalue weighted by Gasteiger charge is 2.36. The summed E-state index contributed by atoms with van der Waals surface area (Å²) in [5.74, 6) is 0.717. The molecule has 6 nitrogen and oxygen atoms in total. The average Bonchev–Trinajstić information content (AvgIpc) is 3.48. The van der Waals surface area contributed by atoms with Crippen molar-refractivity contribution in [2.75, 3.05) is 4.90 Å². The van der Waals surface area contributed by atoms with E-state index in [-0.39, 0.29) is 17.9 Å². The number of nitrogens with one attached hydrogen (secondary N) is 1. The van der Waals surface area contributed by atoms with Gasteiger partial charge < -0.3 is 9.32 Å². The lowest BCUT2D eigenvalue weighted by Gasteiger charge is -2.21. The van der Waals surface area contributed by atoms with Crippen LogP contribution in [0, 0.1) is 6.92 Å². The third kappa shape index (κ3) is 4.22. The lowest BCUT2D eigenvalue weighted by atomic mass is 9.93. The Bertz CT molecular complexity index is 1550. The summed E-state index contributed by atoms with van der Waals surface area (Å²) in [6, 6.07) is 25.6. The fraction of sp³-hybridized carbons (Fsp3) is 0.219. The van der Waals surface area contributed by atoms with Gasteiger partial charge >= 0.3 is 0 Å². The first-order valence-electron chi connectivity index (χ1n) is 13.1. The predicted molar refractivity (Wildman–Crippen MR) is 149 cm³/mol. The van der Waals surface area contributed by atoms with Crippen LogP contribution in [0.25, 0.3) is 11.1 Å². The highest BCUT2D eigenvalue weighted by molar-refractivity contribution is 6.11. The number of rotatable bonds is 4. The summed E-state index contributed by atoms with van der Waals surface area (Å²) < 4.78 is 6.17. The predicted octanol–water partition coefficient (Wildman–Crippen LogP) is 6.32. The number of hydrazone groups is 1. The van der Waals surface area contributed by atoms with E-state index in [1.807, 2.05) is 72.5 Å². The van der Waals surface area contributed by atoms with E-state index in [9.17, 15) is 9.59 Å². The van der Waals surface area contributed by atoms with Crippen LogP contribution in [0.1, 0.15) is 63.1 Å². The fourth-order valence-corrected chi connectivity index (χ4v) is 5.60. The van der Waals surface area contributed by atoms with Crippen molar-refractivity contribution in [3.8, 4) is 11.1 Å². The molecule has 0 radical (unpaired) electrons. The van der Waals surface area contributed by atoms with Gasteiger partial charge in [-0.05, 0) is 68.0 Å². The number of hydrogen-bond donors (Lipinski definition) is 1. The topological polar surface area (TPSA) is 74.9 Å². The van der Waals surface area contributed by atoms with Crippen LogP contribution in [0.15, 0.2) is 88.4 Å². The Morgan fingerprint density at radius 2 is 1.63 bits per heavy atom. The minimum absolute atomic E-state index is 0.0575. The molecular formula is C32H29N3O3. The third-order valence-electron chi connectivity index (χ3n) is 7.49. The van der Waals surface area contributed by atoms with E-state index in [4.69, 9.17) is 4.42 Å². The van der Waals surface area contributed by atoms with E-state index >= 15 is 0 Å². The molecule has 1 N–H and O–H groups in total. The van der Waals surface area contributed by atoms with E-state index in [2.05, 4.69) is 23.5 Å². The van der Waals surface area contributed by atoms with Crippen molar-refractivity contribution < 1.29 is 14.0 Å². The van der Waals surface area contributed by atoms with Crippen LogP contribution in [-0.2, 0) is 12.8 Å². The molecule has 0 spiro atoms. The first-order chi connectivity index (χ1) is 18.5. The smallest absolute Gasteiger partial charge is 0.294 e. The van der Waals surface area contributed by atoms with Crippen LogP contribution in [0.3, 0.4) is 0 Å². The Morgan fingerprint density at radius 3 is 2.42 bits per heavy atom. The van der Waals surface area contributed by atoms with Crippen molar-refractivity contribution in [3.63, 3.8) is 0 Å². The SMILES string of the molecule is Cc1c(C(=O)N2c3ccccc3CC2C)oc2c1/C(=N/NC(=O)c1ccc(-c3ccccc3)cc1)CCC2. The minimum atomic E-state index is -0.274. The molecule has 1 aliphatic carbocycles. The molecule has 2 amide bonds. The van der Waals surface area contributed by atoms with E-state index in [0.717, 1.165) is 58.7 Å². The monoisotopic (exact) mass is 503 g/mol. The fourth-order valence-electron chi connectivity index (χ4n) is 5.60. The van der Waals surface area contributed by atoms with Gasteiger partial charge in [-0.25, -0.2) is 5.43 Å². The normalized spacial score (nSPS) is 17.3. The van der Waals surface area contributed by atoms with Crippen molar-refractivity contribution in [2.45, 2.75) is 45.6 Å². The number of carbonyl (C=O) groups is 2. The van der Waals surface area contributed by atoms with Crippen molar-refractivity contribution in [1.29, 1.82) is 0 Å². The summed E-state index contributed by atoms with van der Waals surface area (Å²) >= 11 is 0. The van der Waals surface area contributed by atoms with E-state index in [1.54, 1.807) is 12.1 Å². The van der Waals surface area contributed by atoms with Crippen molar-refractivity contribution >= 4 is 23.2 Å². The number of carbonyl (C=O) groups excluding carboxylic acids is 2. The number of amides is 2. The zero-order chi connectivity index (χ0) is 26.2. The summed E-state index contributed by atoms with van der Waals surface area (Å²) in [4.78, 5) is 28.4. The molecule has 0 saturated carbocycles. The molecule has 2 aliphatic rings. The molecule has 4 aromatic rings. The van der Waals surface area contributed by atoms with Crippen molar-refractivity contribution in [2.24, 2.45) is 5.10 Å². The number of furan rings is 1. The van der Waals surface area contributed by atoms with Gasteiger partial charge in [0.1, 0.15) is 5.76 Å². The van der Waals surface area contributed by atoms with Gasteiger partial charge in [-0.15, -0.1) is 0 Å². The van der Waals surface area contributed by atoms with E-state index in [1.165, 1.54) is 5.56 Å². The Hall–Kier alpha value is -4.45.